The van der Waals surface area contributed by atoms with Crippen LogP contribution < -0.4 is 5.32 Å². The van der Waals surface area contributed by atoms with Crippen molar-refractivity contribution < 1.29 is 5.11 Å². The molecule has 0 spiro atoms. The molecule has 5 nitrogen and oxygen atoms in total. The predicted molar refractivity (Wildman–Crippen MR) is 88.0 cm³/mol. The third-order valence-electron chi connectivity index (χ3n) is 3.52. The molecule has 1 fully saturated rings. The Morgan fingerprint density at radius 3 is 3.05 bits per heavy atom. The van der Waals surface area contributed by atoms with E-state index in [4.69, 9.17) is 0 Å². The van der Waals surface area contributed by atoms with Crippen molar-refractivity contribution in [2.24, 2.45) is 4.99 Å². The summed E-state index contributed by atoms with van der Waals surface area (Å²) in [7, 11) is 0. The average Bonchev–Trinajstić information content (AvgIpc) is 3.06. The van der Waals surface area contributed by atoms with Crippen molar-refractivity contribution in [3.8, 4) is 0 Å². The number of nitrogens with zero attached hydrogens (tertiary/aromatic N) is 3. The lowest BCUT2D eigenvalue weighted by Crippen LogP contribution is -2.40. The number of β-amino-alcohol motifs (C(OH)–C–C–N with tert-alkyl or cyclic N) is 1. The maximum atomic E-state index is 9.62. The number of thiazole rings is 1. The Morgan fingerprint density at radius 1 is 1.57 bits per heavy atom. The summed E-state index contributed by atoms with van der Waals surface area (Å²) in [5.41, 5.74) is 1.12. The van der Waals surface area contributed by atoms with E-state index in [1.807, 2.05) is 6.92 Å². The Morgan fingerprint density at radius 2 is 2.43 bits per heavy atom. The Balaban J connectivity index is 1.72. The summed E-state index contributed by atoms with van der Waals surface area (Å²) in [6.07, 6.45) is 3.88. The van der Waals surface area contributed by atoms with E-state index < -0.39 is 0 Å². The molecule has 0 unspecified atom stereocenters. The van der Waals surface area contributed by atoms with Crippen LogP contribution in [0.1, 0.15) is 36.9 Å². The maximum Gasteiger partial charge on any atom is 0.194 e. The molecule has 2 N–H and O–H groups in total. The zero-order valence-corrected chi connectivity index (χ0v) is 13.8. The van der Waals surface area contributed by atoms with Crippen molar-refractivity contribution in [3.63, 3.8) is 0 Å². The molecule has 1 atom stereocenters. The Labute approximate surface area is 131 Å². The van der Waals surface area contributed by atoms with Crippen molar-refractivity contribution >= 4 is 17.3 Å². The predicted octanol–water partition coefficient (Wildman–Crippen LogP) is 1.81. The van der Waals surface area contributed by atoms with Gasteiger partial charge < -0.3 is 15.3 Å². The number of hydrogen-bond donors (Lipinski definition) is 2. The van der Waals surface area contributed by atoms with E-state index in [0.29, 0.717) is 6.54 Å². The molecule has 1 saturated heterocycles. The van der Waals surface area contributed by atoms with E-state index in [1.165, 1.54) is 5.01 Å². The molecular weight excluding hydrogens is 284 g/mol. The lowest BCUT2D eigenvalue weighted by atomic mass is 10.2. The van der Waals surface area contributed by atoms with E-state index in [1.54, 1.807) is 11.3 Å². The van der Waals surface area contributed by atoms with Gasteiger partial charge in [0.05, 0.1) is 11.1 Å². The molecule has 2 heterocycles. The van der Waals surface area contributed by atoms with Crippen molar-refractivity contribution in [2.75, 3.05) is 26.2 Å². The Kier molecular flexibility index (Phi) is 6.45. The van der Waals surface area contributed by atoms with Crippen LogP contribution in [0.5, 0.6) is 0 Å². The SMILES string of the molecule is CCNC(=NCCCCc1nc(C)cs1)N1CC[C@@H](O)C1. The smallest absolute Gasteiger partial charge is 0.194 e. The number of rotatable bonds is 6. The average molecular weight is 310 g/mol. The Bertz CT molecular complexity index is 460. The molecule has 0 aliphatic carbocycles. The van der Waals surface area contributed by atoms with Gasteiger partial charge in [0.25, 0.3) is 0 Å². The zero-order valence-electron chi connectivity index (χ0n) is 13.0. The second-order valence-corrected chi connectivity index (χ2v) is 6.41. The largest absolute Gasteiger partial charge is 0.391 e. The van der Waals surface area contributed by atoms with Gasteiger partial charge in [-0.15, -0.1) is 11.3 Å². The fourth-order valence-electron chi connectivity index (χ4n) is 2.45. The van der Waals surface area contributed by atoms with Gasteiger partial charge in [0.15, 0.2) is 5.96 Å². The molecule has 1 aromatic heterocycles. The first-order valence-electron chi connectivity index (χ1n) is 7.81. The first kappa shape index (κ1) is 16.2. The zero-order chi connectivity index (χ0) is 15.1. The molecule has 21 heavy (non-hydrogen) atoms. The fourth-order valence-corrected chi connectivity index (χ4v) is 3.27. The summed E-state index contributed by atoms with van der Waals surface area (Å²) in [5.74, 6) is 0.944. The van der Waals surface area contributed by atoms with Gasteiger partial charge in [-0.25, -0.2) is 4.98 Å². The highest BCUT2D eigenvalue weighted by molar-refractivity contribution is 7.09. The van der Waals surface area contributed by atoms with Crippen LogP contribution in [0.15, 0.2) is 10.4 Å². The number of aliphatic hydroxyl groups excluding tert-OH is 1. The Hall–Kier alpha value is -1.14. The lowest BCUT2D eigenvalue weighted by Gasteiger charge is -2.20. The van der Waals surface area contributed by atoms with Gasteiger partial charge in [-0.05, 0) is 39.5 Å². The van der Waals surface area contributed by atoms with E-state index in [-0.39, 0.29) is 6.10 Å². The summed E-state index contributed by atoms with van der Waals surface area (Å²) >= 11 is 1.75. The molecule has 1 aromatic rings. The van der Waals surface area contributed by atoms with Crippen LogP contribution in [0.4, 0.5) is 0 Å². The van der Waals surface area contributed by atoms with Gasteiger partial charge in [-0.3, -0.25) is 4.99 Å². The number of aliphatic imine (C=N–C) groups is 1. The highest BCUT2D eigenvalue weighted by Crippen LogP contribution is 2.12. The quantitative estimate of drug-likeness (QED) is 0.478. The van der Waals surface area contributed by atoms with Crippen LogP contribution in [0.3, 0.4) is 0 Å². The maximum absolute atomic E-state index is 9.62. The minimum absolute atomic E-state index is 0.206. The molecule has 118 valence electrons. The molecular formula is C15H26N4OS. The third-order valence-corrected chi connectivity index (χ3v) is 4.55. The van der Waals surface area contributed by atoms with Crippen molar-refractivity contribution in [1.29, 1.82) is 0 Å². The van der Waals surface area contributed by atoms with Crippen LogP contribution in [-0.4, -0.2) is 53.2 Å². The number of guanidine groups is 1. The van der Waals surface area contributed by atoms with Crippen molar-refractivity contribution in [2.45, 2.75) is 45.6 Å². The highest BCUT2D eigenvalue weighted by Gasteiger charge is 2.22. The van der Waals surface area contributed by atoms with Gasteiger partial charge in [0, 0.05) is 37.3 Å². The van der Waals surface area contributed by atoms with Gasteiger partial charge in [0.1, 0.15) is 0 Å². The van der Waals surface area contributed by atoms with Crippen LogP contribution in [0.25, 0.3) is 0 Å². The molecule has 1 aliphatic rings. The molecule has 6 heteroatoms. The minimum Gasteiger partial charge on any atom is -0.391 e. The van der Waals surface area contributed by atoms with Crippen molar-refractivity contribution in [3.05, 3.63) is 16.1 Å². The van der Waals surface area contributed by atoms with E-state index in [9.17, 15) is 5.11 Å². The van der Waals surface area contributed by atoms with Crippen LogP contribution >= 0.6 is 11.3 Å². The molecule has 0 saturated carbocycles. The number of nitrogens with one attached hydrogen (secondary N) is 1. The number of likely N-dealkylation sites (tertiary alicyclic amines) is 1. The topological polar surface area (TPSA) is 60.8 Å². The summed E-state index contributed by atoms with van der Waals surface area (Å²) in [6.45, 7) is 7.41. The first-order valence-corrected chi connectivity index (χ1v) is 8.69. The monoisotopic (exact) mass is 310 g/mol. The fraction of sp³-hybridized carbons (Fsp3) is 0.733. The summed E-state index contributed by atoms with van der Waals surface area (Å²) < 4.78 is 0. The second-order valence-electron chi connectivity index (χ2n) is 5.46. The first-order chi connectivity index (χ1) is 10.2. The number of unbranched alkanes of at least 4 members (excludes halogenated alkanes) is 1. The molecule has 0 bridgehead atoms. The number of aryl methyl sites for hydroxylation is 2. The van der Waals surface area contributed by atoms with E-state index in [2.05, 4.69) is 32.5 Å². The van der Waals surface area contributed by atoms with Crippen LogP contribution in [0, 0.1) is 6.92 Å². The third kappa shape index (κ3) is 5.28. The number of aliphatic hydroxyl groups is 1. The molecule has 2 rings (SSSR count). The molecule has 0 aromatic carbocycles. The van der Waals surface area contributed by atoms with Gasteiger partial charge in [0.2, 0.25) is 0 Å². The second kappa shape index (κ2) is 8.34. The summed E-state index contributed by atoms with van der Waals surface area (Å²) in [6, 6.07) is 0. The van der Waals surface area contributed by atoms with Crippen LogP contribution in [0.2, 0.25) is 0 Å². The summed E-state index contributed by atoms with van der Waals surface area (Å²) in [5, 5.41) is 16.3. The van der Waals surface area contributed by atoms with E-state index in [0.717, 1.165) is 57.0 Å². The molecule has 0 amide bonds. The minimum atomic E-state index is -0.206. The lowest BCUT2D eigenvalue weighted by molar-refractivity contribution is 0.188. The highest BCUT2D eigenvalue weighted by atomic mass is 32.1. The van der Waals surface area contributed by atoms with Gasteiger partial charge >= 0.3 is 0 Å². The standard InChI is InChI=1S/C15H26N4OS/c1-3-16-15(19-9-7-13(20)10-19)17-8-5-4-6-14-18-12(2)11-21-14/h11,13,20H,3-10H2,1-2H3,(H,16,17)/t13-/m1/s1. The summed E-state index contributed by atoms with van der Waals surface area (Å²) in [4.78, 5) is 11.3. The molecule has 1 aliphatic heterocycles. The van der Waals surface area contributed by atoms with Gasteiger partial charge in [-0.1, -0.05) is 0 Å². The number of hydrogen-bond acceptors (Lipinski definition) is 4. The number of aromatic nitrogens is 1. The van der Waals surface area contributed by atoms with Gasteiger partial charge in [-0.2, -0.15) is 0 Å². The van der Waals surface area contributed by atoms with Crippen LogP contribution in [-0.2, 0) is 6.42 Å². The molecule has 0 radical (unpaired) electrons. The normalized spacial score (nSPS) is 19.3. The van der Waals surface area contributed by atoms with Crippen molar-refractivity contribution in [1.82, 2.24) is 15.2 Å². The van der Waals surface area contributed by atoms with E-state index >= 15 is 0 Å².